The number of para-hydroxylation sites is 1. The molecule has 1 amide bonds. The first-order valence-corrected chi connectivity index (χ1v) is 11.5. The number of thioether (sulfide) groups is 2. The van der Waals surface area contributed by atoms with E-state index >= 15 is 0 Å². The fourth-order valence-electron chi connectivity index (χ4n) is 2.71. The highest BCUT2D eigenvalue weighted by molar-refractivity contribution is 8.16. The monoisotopic (exact) mass is 431 g/mol. The van der Waals surface area contributed by atoms with Gasteiger partial charge in [-0.1, -0.05) is 37.2 Å². The van der Waals surface area contributed by atoms with Crippen LogP contribution in [0.3, 0.4) is 0 Å². The second-order valence-corrected chi connectivity index (χ2v) is 8.64. The van der Waals surface area contributed by atoms with Gasteiger partial charge in [-0.2, -0.15) is 0 Å². The fourth-order valence-corrected chi connectivity index (χ4v) is 4.57. The molecule has 0 aliphatic carbocycles. The zero-order chi connectivity index (χ0) is 20.6. The maximum Gasteiger partial charge on any atom is 0.266 e. The summed E-state index contributed by atoms with van der Waals surface area (Å²) in [6.45, 7) is 2.77. The van der Waals surface area contributed by atoms with Gasteiger partial charge in [-0.25, -0.2) is 9.37 Å². The van der Waals surface area contributed by atoms with Gasteiger partial charge < -0.3 is 5.32 Å². The van der Waals surface area contributed by atoms with Crippen LogP contribution in [-0.2, 0) is 4.79 Å². The van der Waals surface area contributed by atoms with Crippen molar-refractivity contribution in [1.29, 1.82) is 0 Å². The minimum atomic E-state index is -0.366. The summed E-state index contributed by atoms with van der Waals surface area (Å²) in [5.74, 6) is -0.00808. The number of carbonyl (C=O) groups excluding carboxylic acids is 1. The van der Waals surface area contributed by atoms with Crippen LogP contribution in [0.1, 0.15) is 19.8 Å². The minimum absolute atomic E-state index is 0.00597. The lowest BCUT2D eigenvalue weighted by atomic mass is 10.2. The molecule has 3 aromatic rings. The number of hydrogen-bond acceptors (Lipinski definition) is 5. The van der Waals surface area contributed by atoms with E-state index in [0.717, 1.165) is 12.8 Å². The largest absolute Gasteiger partial charge is 0.355 e. The van der Waals surface area contributed by atoms with Crippen LogP contribution in [0.2, 0.25) is 0 Å². The summed E-state index contributed by atoms with van der Waals surface area (Å²) in [6, 6.07) is 12.9. The highest BCUT2D eigenvalue weighted by Crippen LogP contribution is 2.24. The molecule has 152 valence electrons. The van der Waals surface area contributed by atoms with E-state index in [9.17, 15) is 14.0 Å². The number of carbonyl (C=O) groups is 1. The van der Waals surface area contributed by atoms with E-state index in [1.807, 2.05) is 6.07 Å². The Labute approximate surface area is 177 Å². The molecule has 0 saturated carbocycles. The minimum Gasteiger partial charge on any atom is -0.355 e. The summed E-state index contributed by atoms with van der Waals surface area (Å²) in [6.07, 6.45) is 2.01. The van der Waals surface area contributed by atoms with Gasteiger partial charge in [0.25, 0.3) is 5.56 Å². The highest BCUT2D eigenvalue weighted by atomic mass is 32.2. The molecule has 0 atom stereocenters. The van der Waals surface area contributed by atoms with Gasteiger partial charge in [-0.05, 0) is 42.8 Å². The molecule has 1 heterocycles. The normalized spacial score (nSPS) is 11.0. The van der Waals surface area contributed by atoms with Crippen molar-refractivity contribution in [1.82, 2.24) is 14.9 Å². The number of nitrogens with zero attached hydrogens (tertiary/aromatic N) is 2. The fraction of sp³-hybridized carbons (Fsp3) is 0.286. The second kappa shape index (κ2) is 10.5. The molecule has 0 aliphatic heterocycles. The molecule has 0 bridgehead atoms. The molecule has 29 heavy (non-hydrogen) atoms. The van der Waals surface area contributed by atoms with Crippen molar-refractivity contribution in [2.24, 2.45) is 0 Å². The predicted octanol–water partition coefficient (Wildman–Crippen LogP) is 4.22. The van der Waals surface area contributed by atoms with Crippen LogP contribution in [0, 0.1) is 5.82 Å². The first-order chi connectivity index (χ1) is 14.1. The van der Waals surface area contributed by atoms with Crippen LogP contribution in [0.4, 0.5) is 4.39 Å². The number of fused-ring (bicyclic) bond motifs is 1. The molecular weight excluding hydrogens is 409 g/mol. The van der Waals surface area contributed by atoms with Crippen LogP contribution < -0.4 is 10.9 Å². The van der Waals surface area contributed by atoms with E-state index in [0.29, 0.717) is 39.1 Å². The maximum atomic E-state index is 13.3. The Morgan fingerprint density at radius 3 is 2.69 bits per heavy atom. The molecule has 0 radical (unpaired) electrons. The quantitative estimate of drug-likeness (QED) is 0.238. The summed E-state index contributed by atoms with van der Waals surface area (Å²) in [7, 11) is 0. The van der Waals surface area contributed by atoms with Crippen molar-refractivity contribution in [2.75, 3.05) is 17.4 Å². The Morgan fingerprint density at radius 2 is 1.93 bits per heavy atom. The van der Waals surface area contributed by atoms with Crippen LogP contribution in [0.25, 0.3) is 16.6 Å². The number of nitrogens with one attached hydrogen (secondary N) is 1. The molecule has 0 unspecified atom stereocenters. The predicted molar refractivity (Wildman–Crippen MR) is 118 cm³/mol. The number of rotatable bonds is 9. The standard InChI is InChI=1S/C21H22FN3O2S2/c1-2-3-12-23-19(26)13-28-14-29-21-24-18-7-5-4-6-17(18)20(27)25(21)16-10-8-15(22)9-11-16/h4-11H,2-3,12-14H2,1H3,(H,23,26). The summed E-state index contributed by atoms with van der Waals surface area (Å²) < 4.78 is 14.8. The Morgan fingerprint density at radius 1 is 1.17 bits per heavy atom. The smallest absolute Gasteiger partial charge is 0.266 e. The van der Waals surface area contributed by atoms with Crippen LogP contribution in [-0.4, -0.2) is 32.8 Å². The number of hydrogen-bond donors (Lipinski definition) is 1. The maximum absolute atomic E-state index is 13.3. The molecule has 0 spiro atoms. The molecular formula is C21H22FN3O2S2. The van der Waals surface area contributed by atoms with Gasteiger partial charge in [0.2, 0.25) is 5.91 Å². The van der Waals surface area contributed by atoms with E-state index in [2.05, 4.69) is 17.2 Å². The van der Waals surface area contributed by atoms with Crippen molar-refractivity contribution < 1.29 is 9.18 Å². The molecule has 2 aromatic carbocycles. The van der Waals surface area contributed by atoms with Crippen molar-refractivity contribution in [3.63, 3.8) is 0 Å². The van der Waals surface area contributed by atoms with E-state index in [1.165, 1.54) is 40.2 Å². The van der Waals surface area contributed by atoms with Gasteiger partial charge in [-0.3, -0.25) is 14.2 Å². The number of unbranched alkanes of at least 4 members (excludes halogenated alkanes) is 1. The lowest BCUT2D eigenvalue weighted by molar-refractivity contribution is -0.118. The Kier molecular flexibility index (Phi) is 7.71. The molecule has 3 rings (SSSR count). The highest BCUT2D eigenvalue weighted by Gasteiger charge is 2.13. The SMILES string of the molecule is CCCCNC(=O)CSCSc1nc2ccccc2c(=O)n1-c1ccc(F)cc1. The topological polar surface area (TPSA) is 64.0 Å². The van der Waals surface area contributed by atoms with Gasteiger partial charge in [0.15, 0.2) is 5.16 Å². The molecule has 1 aromatic heterocycles. The third kappa shape index (κ3) is 5.61. The van der Waals surface area contributed by atoms with E-state index in [-0.39, 0.29) is 17.3 Å². The molecule has 0 saturated heterocycles. The van der Waals surface area contributed by atoms with Gasteiger partial charge in [0.1, 0.15) is 5.82 Å². The lowest BCUT2D eigenvalue weighted by Gasteiger charge is -2.13. The molecule has 1 N–H and O–H groups in total. The van der Waals surface area contributed by atoms with Crippen molar-refractivity contribution >= 4 is 40.3 Å². The van der Waals surface area contributed by atoms with E-state index in [1.54, 1.807) is 30.3 Å². The number of halogens is 1. The van der Waals surface area contributed by atoms with Crippen LogP contribution >= 0.6 is 23.5 Å². The zero-order valence-electron chi connectivity index (χ0n) is 16.1. The van der Waals surface area contributed by atoms with Crippen LogP contribution in [0.15, 0.2) is 58.5 Å². The molecule has 0 aliphatic rings. The van der Waals surface area contributed by atoms with Crippen molar-refractivity contribution in [2.45, 2.75) is 24.9 Å². The van der Waals surface area contributed by atoms with Gasteiger partial charge in [-0.15, -0.1) is 11.8 Å². The number of amides is 1. The Hall–Kier alpha value is -2.32. The van der Waals surface area contributed by atoms with Crippen molar-refractivity contribution in [3.05, 3.63) is 64.7 Å². The zero-order valence-corrected chi connectivity index (χ0v) is 17.7. The lowest BCUT2D eigenvalue weighted by Crippen LogP contribution is -2.26. The third-order valence-corrected chi connectivity index (χ3v) is 6.32. The Bertz CT molecular complexity index is 1040. The first kappa shape index (κ1) is 21.4. The summed E-state index contributed by atoms with van der Waals surface area (Å²) >= 11 is 2.85. The molecule has 5 nitrogen and oxygen atoms in total. The summed E-state index contributed by atoms with van der Waals surface area (Å²) in [5.41, 5.74) is 0.965. The van der Waals surface area contributed by atoms with Gasteiger partial charge in [0.05, 0.1) is 22.3 Å². The van der Waals surface area contributed by atoms with Gasteiger partial charge in [0, 0.05) is 11.6 Å². The van der Waals surface area contributed by atoms with Crippen molar-refractivity contribution in [3.8, 4) is 5.69 Å². The third-order valence-electron chi connectivity index (χ3n) is 4.19. The van der Waals surface area contributed by atoms with E-state index < -0.39 is 0 Å². The first-order valence-electron chi connectivity index (χ1n) is 9.35. The molecule has 8 heteroatoms. The number of aromatic nitrogens is 2. The summed E-state index contributed by atoms with van der Waals surface area (Å²) in [5, 5.41) is 4.46. The number of benzene rings is 2. The summed E-state index contributed by atoms with van der Waals surface area (Å²) in [4.78, 5) is 29.5. The Balaban J connectivity index is 1.79. The average Bonchev–Trinajstić information content (AvgIpc) is 2.73. The van der Waals surface area contributed by atoms with Crippen LogP contribution in [0.5, 0.6) is 0 Å². The molecule has 0 fully saturated rings. The average molecular weight is 432 g/mol. The van der Waals surface area contributed by atoms with Gasteiger partial charge >= 0.3 is 0 Å². The second-order valence-electron chi connectivity index (χ2n) is 6.34. The van der Waals surface area contributed by atoms with E-state index in [4.69, 9.17) is 0 Å².